The van der Waals surface area contributed by atoms with E-state index in [0.29, 0.717) is 5.69 Å². The predicted octanol–water partition coefficient (Wildman–Crippen LogP) is 4.43. The molecular weight excluding hydrogens is 422 g/mol. The number of carbonyl (C=O) groups is 1. The average Bonchev–Trinajstić information content (AvgIpc) is 3.26. The maximum absolute atomic E-state index is 12.9. The number of benzene rings is 1. The van der Waals surface area contributed by atoms with Gasteiger partial charge in [0.25, 0.3) is 5.91 Å². The minimum atomic E-state index is -4.41. The summed E-state index contributed by atoms with van der Waals surface area (Å²) in [5.74, 6) is -1.05. The number of aromatic nitrogens is 4. The molecule has 0 atom stereocenters. The zero-order chi connectivity index (χ0) is 20.3. The largest absolute Gasteiger partial charge is 0.406 e. The monoisotopic (exact) mass is 431 g/mol. The first-order chi connectivity index (χ1) is 13.2. The second-order valence-electron chi connectivity index (χ2n) is 5.39. The highest BCUT2D eigenvalue weighted by atomic mass is 35.5. The number of alkyl halides is 3. The van der Waals surface area contributed by atoms with E-state index in [9.17, 15) is 22.4 Å². The molecule has 6 nitrogen and oxygen atoms in total. The summed E-state index contributed by atoms with van der Waals surface area (Å²) in [6, 6.07) is 5.12. The van der Waals surface area contributed by atoms with Crippen LogP contribution in [0.1, 0.15) is 20.6 Å². The van der Waals surface area contributed by atoms with Crippen LogP contribution < -0.4 is 5.32 Å². The Hall–Kier alpha value is -2.79. The van der Waals surface area contributed by atoms with Crippen molar-refractivity contribution in [1.82, 2.24) is 19.7 Å². The lowest BCUT2D eigenvalue weighted by Gasteiger charge is -2.08. The molecule has 0 aliphatic rings. The van der Waals surface area contributed by atoms with E-state index < -0.39 is 24.4 Å². The Morgan fingerprint density at radius 1 is 1.21 bits per heavy atom. The lowest BCUT2D eigenvalue weighted by molar-refractivity contribution is -0.140. The van der Waals surface area contributed by atoms with Crippen molar-refractivity contribution in [2.75, 3.05) is 5.32 Å². The van der Waals surface area contributed by atoms with Crippen molar-refractivity contribution in [3.63, 3.8) is 0 Å². The number of carbonyl (C=O) groups excluding carboxylic acids is 1. The number of nitrogens with one attached hydrogen (secondary N) is 1. The topological polar surface area (TPSA) is 72.7 Å². The van der Waals surface area contributed by atoms with Crippen molar-refractivity contribution in [3.05, 3.63) is 58.3 Å². The maximum Gasteiger partial charge on any atom is 0.406 e. The van der Waals surface area contributed by atoms with Gasteiger partial charge in [-0.05, 0) is 24.3 Å². The van der Waals surface area contributed by atoms with Crippen molar-refractivity contribution in [3.8, 4) is 0 Å². The van der Waals surface area contributed by atoms with E-state index in [-0.39, 0.29) is 20.9 Å². The summed E-state index contributed by atoms with van der Waals surface area (Å²) in [6.45, 7) is -1.22. The molecule has 0 fully saturated rings. The van der Waals surface area contributed by atoms with Crippen LogP contribution in [0.15, 0.2) is 36.7 Å². The minimum Gasteiger partial charge on any atom is -0.322 e. The molecule has 12 heteroatoms. The Balaban J connectivity index is 1.74. The van der Waals surface area contributed by atoms with E-state index in [1.165, 1.54) is 42.7 Å². The average molecular weight is 432 g/mol. The first-order valence-corrected chi connectivity index (χ1v) is 8.76. The maximum atomic E-state index is 12.9. The van der Waals surface area contributed by atoms with Crippen molar-refractivity contribution in [2.45, 2.75) is 12.7 Å². The lowest BCUT2D eigenvalue weighted by atomic mass is 10.3. The highest BCUT2D eigenvalue weighted by molar-refractivity contribution is 7.15. The van der Waals surface area contributed by atoms with Gasteiger partial charge in [-0.3, -0.25) is 4.79 Å². The number of nitrogens with zero attached hydrogens (tertiary/aromatic N) is 4. The molecule has 0 aliphatic heterocycles. The molecule has 0 aliphatic carbocycles. The van der Waals surface area contributed by atoms with Gasteiger partial charge in [0.15, 0.2) is 5.01 Å². The zero-order valence-electron chi connectivity index (χ0n) is 13.7. The molecule has 1 aromatic carbocycles. The molecule has 2 aromatic heterocycles. The van der Waals surface area contributed by atoms with Gasteiger partial charge in [-0.2, -0.15) is 13.2 Å². The molecule has 1 amide bonds. The third-order valence-corrected chi connectivity index (χ3v) is 4.63. The van der Waals surface area contributed by atoms with E-state index in [4.69, 9.17) is 11.6 Å². The summed E-state index contributed by atoms with van der Waals surface area (Å²) in [7, 11) is 0. The van der Waals surface area contributed by atoms with Crippen LogP contribution in [0.2, 0.25) is 0 Å². The van der Waals surface area contributed by atoms with E-state index in [1.807, 2.05) is 0 Å². The highest BCUT2D eigenvalue weighted by Crippen LogP contribution is 2.26. The first kappa shape index (κ1) is 20.0. The van der Waals surface area contributed by atoms with Gasteiger partial charge in [-0.25, -0.2) is 9.37 Å². The molecule has 0 spiro atoms. The molecule has 3 aromatic rings. The van der Waals surface area contributed by atoms with E-state index in [2.05, 4.69) is 20.5 Å². The highest BCUT2D eigenvalue weighted by Gasteiger charge is 2.28. The number of amides is 1. The first-order valence-electron chi connectivity index (χ1n) is 7.57. The van der Waals surface area contributed by atoms with Crippen molar-refractivity contribution < 1.29 is 22.4 Å². The summed E-state index contributed by atoms with van der Waals surface area (Å²) in [5.41, 5.74) is 0.360. The molecule has 0 radical (unpaired) electrons. The second-order valence-corrected chi connectivity index (χ2v) is 6.78. The van der Waals surface area contributed by atoms with Crippen LogP contribution in [0.5, 0.6) is 0 Å². The normalized spacial score (nSPS) is 12.2. The molecule has 1 N–H and O–H groups in total. The molecule has 3 rings (SSSR count). The minimum absolute atomic E-state index is 0.0187. The van der Waals surface area contributed by atoms with Gasteiger partial charge < -0.3 is 9.88 Å². The smallest absolute Gasteiger partial charge is 0.322 e. The number of hydrogen-bond acceptors (Lipinski definition) is 5. The molecule has 2 heterocycles. The summed E-state index contributed by atoms with van der Waals surface area (Å²) >= 11 is 6.94. The van der Waals surface area contributed by atoms with Gasteiger partial charge in [0.05, 0.1) is 5.03 Å². The van der Waals surface area contributed by atoms with Crippen LogP contribution in [-0.4, -0.2) is 31.8 Å². The summed E-state index contributed by atoms with van der Waals surface area (Å²) in [6.07, 6.45) is -0.825. The van der Waals surface area contributed by atoms with Gasteiger partial charge in [0.2, 0.25) is 5.01 Å². The van der Waals surface area contributed by atoms with Crippen molar-refractivity contribution >= 4 is 45.6 Å². The van der Waals surface area contributed by atoms with Gasteiger partial charge >= 0.3 is 6.18 Å². The van der Waals surface area contributed by atoms with Gasteiger partial charge in [-0.1, -0.05) is 22.9 Å². The van der Waals surface area contributed by atoms with E-state index >= 15 is 0 Å². The summed E-state index contributed by atoms with van der Waals surface area (Å²) in [4.78, 5) is 16.0. The number of hydrogen-bond donors (Lipinski definition) is 1. The predicted molar refractivity (Wildman–Crippen MR) is 96.3 cm³/mol. The fourth-order valence-corrected chi connectivity index (χ4v) is 2.99. The third-order valence-electron chi connectivity index (χ3n) is 3.28. The second kappa shape index (κ2) is 8.07. The quantitative estimate of drug-likeness (QED) is 0.607. The number of rotatable bonds is 5. The Kier molecular flexibility index (Phi) is 5.75. The zero-order valence-corrected chi connectivity index (χ0v) is 15.3. The SMILES string of the molecule is O=C(Nc1ccc(F)cc1)c1nnc(/C(Cl)=C/c2nccn2CC(F)(F)F)s1. The van der Waals surface area contributed by atoms with Crippen LogP contribution in [0, 0.1) is 5.82 Å². The Morgan fingerprint density at radius 3 is 2.57 bits per heavy atom. The van der Waals surface area contributed by atoms with Gasteiger partial charge in [-0.15, -0.1) is 10.2 Å². The standard InChI is InChI=1S/C16H10ClF4N5OS/c17-11(7-12-22-5-6-26(12)8-16(19,20)21)14-24-25-15(28-14)13(27)23-10-3-1-9(18)2-4-10/h1-7H,8H2,(H,23,27)/b11-7-. The number of imidazole rings is 1. The summed E-state index contributed by atoms with van der Waals surface area (Å²) < 4.78 is 51.5. The Bertz CT molecular complexity index is 1010. The molecule has 28 heavy (non-hydrogen) atoms. The van der Waals surface area contributed by atoms with E-state index in [0.717, 1.165) is 15.9 Å². The Morgan fingerprint density at radius 2 is 1.89 bits per heavy atom. The van der Waals surface area contributed by atoms with Crippen LogP contribution in [0.3, 0.4) is 0 Å². The molecule has 146 valence electrons. The van der Waals surface area contributed by atoms with Crippen LogP contribution >= 0.6 is 22.9 Å². The molecular formula is C16H10ClF4N5OS. The molecule has 0 saturated heterocycles. The fraction of sp³-hybridized carbons (Fsp3) is 0.125. The van der Waals surface area contributed by atoms with Crippen molar-refractivity contribution in [1.29, 1.82) is 0 Å². The Labute approximate surface area is 164 Å². The van der Waals surface area contributed by atoms with Crippen LogP contribution in [-0.2, 0) is 6.54 Å². The van der Waals surface area contributed by atoms with E-state index in [1.54, 1.807) is 0 Å². The lowest BCUT2D eigenvalue weighted by Crippen LogP contribution is -2.18. The van der Waals surface area contributed by atoms with Gasteiger partial charge in [0.1, 0.15) is 18.2 Å². The summed E-state index contributed by atoms with van der Waals surface area (Å²) in [5, 5.41) is 10.1. The van der Waals surface area contributed by atoms with Crippen LogP contribution in [0.4, 0.5) is 23.2 Å². The molecule has 0 saturated carbocycles. The van der Waals surface area contributed by atoms with Crippen molar-refractivity contribution in [2.24, 2.45) is 0 Å². The number of halogens is 5. The van der Waals surface area contributed by atoms with Gasteiger partial charge in [0, 0.05) is 24.2 Å². The fourth-order valence-electron chi connectivity index (χ4n) is 2.09. The third kappa shape index (κ3) is 5.14. The van der Waals surface area contributed by atoms with Crippen LogP contribution in [0.25, 0.3) is 11.1 Å². The molecule has 0 bridgehead atoms. The molecule has 0 unspecified atom stereocenters. The number of anilines is 1.